The zero-order valence-electron chi connectivity index (χ0n) is 13.6. The highest BCUT2D eigenvalue weighted by atomic mass is 16.5. The Morgan fingerprint density at radius 2 is 1.81 bits per heavy atom. The summed E-state index contributed by atoms with van der Waals surface area (Å²) in [6.07, 6.45) is 4.89. The van der Waals surface area contributed by atoms with Crippen LogP contribution in [-0.4, -0.2) is 30.4 Å². The van der Waals surface area contributed by atoms with Gasteiger partial charge in [0, 0.05) is 12.6 Å². The summed E-state index contributed by atoms with van der Waals surface area (Å²) >= 11 is 0. The molecule has 1 aromatic rings. The number of ether oxygens (including phenoxy) is 1. The van der Waals surface area contributed by atoms with Crippen LogP contribution in [0.15, 0.2) is 18.2 Å². The molecule has 1 aliphatic carbocycles. The van der Waals surface area contributed by atoms with Crippen molar-refractivity contribution in [1.29, 1.82) is 0 Å². The van der Waals surface area contributed by atoms with E-state index in [1.54, 1.807) is 0 Å². The van der Waals surface area contributed by atoms with Crippen LogP contribution in [0.1, 0.15) is 43.7 Å². The molecule has 0 amide bonds. The molecule has 1 aromatic carbocycles. The predicted octanol–water partition coefficient (Wildman–Crippen LogP) is 3.21. The molecule has 1 fully saturated rings. The van der Waals surface area contributed by atoms with E-state index in [9.17, 15) is 5.11 Å². The van der Waals surface area contributed by atoms with Crippen molar-refractivity contribution < 1.29 is 9.84 Å². The summed E-state index contributed by atoms with van der Waals surface area (Å²) in [4.78, 5) is 0. The molecule has 2 rings (SSSR count). The fourth-order valence-electron chi connectivity index (χ4n) is 3.21. The first-order valence-corrected chi connectivity index (χ1v) is 8.17. The molecule has 21 heavy (non-hydrogen) atoms. The Kier molecular flexibility index (Phi) is 6.07. The molecule has 0 spiro atoms. The van der Waals surface area contributed by atoms with Crippen LogP contribution in [0.3, 0.4) is 0 Å². The summed E-state index contributed by atoms with van der Waals surface area (Å²) in [6.45, 7) is 7.28. The van der Waals surface area contributed by atoms with Crippen molar-refractivity contribution in [2.75, 3.05) is 13.2 Å². The maximum Gasteiger partial charge on any atom is 0.119 e. The van der Waals surface area contributed by atoms with E-state index in [2.05, 4.69) is 32.2 Å². The Morgan fingerprint density at radius 1 is 1.19 bits per heavy atom. The Labute approximate surface area is 128 Å². The molecule has 3 nitrogen and oxygen atoms in total. The third-order valence-electron chi connectivity index (χ3n) is 4.42. The summed E-state index contributed by atoms with van der Waals surface area (Å²) < 4.78 is 5.70. The molecule has 0 heterocycles. The second kappa shape index (κ2) is 7.81. The molecule has 0 bridgehead atoms. The first-order valence-electron chi connectivity index (χ1n) is 8.17. The lowest BCUT2D eigenvalue weighted by atomic mass is 10.00. The second-order valence-electron chi connectivity index (χ2n) is 6.53. The van der Waals surface area contributed by atoms with Gasteiger partial charge in [0.05, 0.1) is 0 Å². The average molecular weight is 291 g/mol. The maximum absolute atomic E-state index is 10.1. The first kappa shape index (κ1) is 16.3. The normalized spacial score (nSPS) is 18.7. The van der Waals surface area contributed by atoms with E-state index in [1.807, 2.05) is 12.1 Å². The van der Waals surface area contributed by atoms with E-state index in [1.165, 1.54) is 36.8 Å². The third kappa shape index (κ3) is 5.33. The minimum Gasteiger partial charge on any atom is -0.491 e. The highest BCUT2D eigenvalue weighted by molar-refractivity contribution is 5.32. The lowest BCUT2D eigenvalue weighted by Gasteiger charge is -2.22. The van der Waals surface area contributed by atoms with Crippen molar-refractivity contribution in [2.45, 2.75) is 58.6 Å². The van der Waals surface area contributed by atoms with E-state index >= 15 is 0 Å². The van der Waals surface area contributed by atoms with E-state index in [4.69, 9.17) is 4.74 Å². The van der Waals surface area contributed by atoms with E-state index in [0.29, 0.717) is 19.2 Å². The molecule has 0 aliphatic heterocycles. The Hall–Kier alpha value is -1.06. The van der Waals surface area contributed by atoms with Crippen LogP contribution in [0.2, 0.25) is 0 Å². The summed E-state index contributed by atoms with van der Waals surface area (Å²) in [7, 11) is 0. The van der Waals surface area contributed by atoms with Crippen molar-refractivity contribution in [3.63, 3.8) is 0 Å². The van der Waals surface area contributed by atoms with Crippen LogP contribution in [-0.2, 0) is 0 Å². The van der Waals surface area contributed by atoms with Gasteiger partial charge in [0.2, 0.25) is 0 Å². The molecule has 2 unspecified atom stereocenters. The van der Waals surface area contributed by atoms with Crippen molar-refractivity contribution in [3.8, 4) is 5.75 Å². The van der Waals surface area contributed by atoms with Crippen LogP contribution in [0.5, 0.6) is 5.75 Å². The SMILES string of the molecule is Cc1cc(C)cc(OCC(O)CNC(C)C2CCCC2)c1. The highest BCUT2D eigenvalue weighted by Crippen LogP contribution is 2.27. The average Bonchev–Trinajstić information content (AvgIpc) is 2.95. The molecule has 2 N–H and O–H groups in total. The van der Waals surface area contributed by atoms with Gasteiger partial charge in [-0.25, -0.2) is 0 Å². The van der Waals surface area contributed by atoms with Crippen molar-refractivity contribution in [1.82, 2.24) is 5.32 Å². The Bertz CT molecular complexity index is 421. The molecule has 118 valence electrons. The number of hydrogen-bond acceptors (Lipinski definition) is 3. The van der Waals surface area contributed by atoms with E-state index in [0.717, 1.165) is 11.7 Å². The molecule has 0 radical (unpaired) electrons. The van der Waals surface area contributed by atoms with Crippen molar-refractivity contribution in [3.05, 3.63) is 29.3 Å². The second-order valence-corrected chi connectivity index (χ2v) is 6.53. The lowest BCUT2D eigenvalue weighted by molar-refractivity contribution is 0.102. The molecule has 0 aromatic heterocycles. The van der Waals surface area contributed by atoms with Crippen molar-refractivity contribution in [2.24, 2.45) is 5.92 Å². The standard InChI is InChI=1S/C18H29NO2/c1-13-8-14(2)10-18(9-13)21-12-17(20)11-19-15(3)16-6-4-5-7-16/h8-10,15-17,19-20H,4-7,11-12H2,1-3H3. The zero-order chi connectivity index (χ0) is 15.2. The van der Waals surface area contributed by atoms with Gasteiger partial charge in [-0.2, -0.15) is 0 Å². The monoisotopic (exact) mass is 291 g/mol. The minimum absolute atomic E-state index is 0.341. The number of aliphatic hydroxyl groups is 1. The van der Waals surface area contributed by atoms with Gasteiger partial charge in [-0.15, -0.1) is 0 Å². The molecule has 1 saturated carbocycles. The van der Waals surface area contributed by atoms with Gasteiger partial charge >= 0.3 is 0 Å². The summed E-state index contributed by atoms with van der Waals surface area (Å²) in [6, 6.07) is 6.62. The number of aryl methyl sites for hydroxylation is 2. The maximum atomic E-state index is 10.1. The number of hydrogen-bond donors (Lipinski definition) is 2. The Balaban J connectivity index is 1.70. The topological polar surface area (TPSA) is 41.5 Å². The largest absolute Gasteiger partial charge is 0.491 e. The highest BCUT2D eigenvalue weighted by Gasteiger charge is 2.21. The summed E-state index contributed by atoms with van der Waals surface area (Å²) in [5.41, 5.74) is 2.37. The third-order valence-corrected chi connectivity index (χ3v) is 4.42. The molecular formula is C18H29NO2. The van der Waals surface area contributed by atoms with Gasteiger partial charge in [-0.05, 0) is 62.8 Å². The van der Waals surface area contributed by atoms with Crippen molar-refractivity contribution >= 4 is 0 Å². The van der Waals surface area contributed by atoms with Gasteiger partial charge < -0.3 is 15.2 Å². The molecule has 0 saturated heterocycles. The van der Waals surface area contributed by atoms with Gasteiger partial charge in [0.1, 0.15) is 18.5 Å². The molecule has 2 atom stereocenters. The number of nitrogens with one attached hydrogen (secondary N) is 1. The number of benzene rings is 1. The fraction of sp³-hybridized carbons (Fsp3) is 0.667. The van der Waals surface area contributed by atoms with E-state index in [-0.39, 0.29) is 0 Å². The Morgan fingerprint density at radius 3 is 2.43 bits per heavy atom. The van der Waals surface area contributed by atoms with Gasteiger partial charge in [0.15, 0.2) is 0 Å². The molecule has 1 aliphatic rings. The first-order chi connectivity index (χ1) is 10.0. The molecule has 3 heteroatoms. The van der Waals surface area contributed by atoms with Gasteiger partial charge in [-0.3, -0.25) is 0 Å². The van der Waals surface area contributed by atoms with E-state index < -0.39 is 6.10 Å². The van der Waals surface area contributed by atoms with Crippen LogP contribution >= 0.6 is 0 Å². The fourth-order valence-corrected chi connectivity index (χ4v) is 3.21. The van der Waals surface area contributed by atoms with Gasteiger partial charge in [-0.1, -0.05) is 18.9 Å². The van der Waals surface area contributed by atoms with Crippen LogP contribution in [0.4, 0.5) is 0 Å². The smallest absolute Gasteiger partial charge is 0.119 e. The number of rotatable bonds is 7. The van der Waals surface area contributed by atoms with Crippen LogP contribution in [0.25, 0.3) is 0 Å². The lowest BCUT2D eigenvalue weighted by Crippen LogP contribution is -2.39. The summed E-state index contributed by atoms with van der Waals surface area (Å²) in [5.74, 6) is 1.62. The summed E-state index contributed by atoms with van der Waals surface area (Å²) in [5, 5.41) is 13.5. The minimum atomic E-state index is -0.463. The van der Waals surface area contributed by atoms with Crippen LogP contribution < -0.4 is 10.1 Å². The molecular weight excluding hydrogens is 262 g/mol. The van der Waals surface area contributed by atoms with Crippen LogP contribution in [0, 0.1) is 19.8 Å². The zero-order valence-corrected chi connectivity index (χ0v) is 13.6. The predicted molar refractivity (Wildman–Crippen MR) is 86.8 cm³/mol. The number of aliphatic hydroxyl groups excluding tert-OH is 1. The van der Waals surface area contributed by atoms with Gasteiger partial charge in [0.25, 0.3) is 0 Å². The quantitative estimate of drug-likeness (QED) is 0.810.